The molecule has 1 fully saturated rings. The van der Waals surface area contributed by atoms with Crippen molar-refractivity contribution >= 4 is 5.91 Å². The summed E-state index contributed by atoms with van der Waals surface area (Å²) in [6, 6.07) is 0. The van der Waals surface area contributed by atoms with Gasteiger partial charge in [-0.3, -0.25) is 4.79 Å². The van der Waals surface area contributed by atoms with Crippen molar-refractivity contribution in [3.63, 3.8) is 0 Å². The second-order valence-electron chi connectivity index (χ2n) is 4.22. The van der Waals surface area contributed by atoms with Crippen LogP contribution in [0.2, 0.25) is 0 Å². The van der Waals surface area contributed by atoms with E-state index in [4.69, 9.17) is 10.5 Å². The fourth-order valence-corrected chi connectivity index (χ4v) is 2.07. The number of hydrogen-bond donors (Lipinski definition) is 2. The Morgan fingerprint density at radius 2 is 2.13 bits per heavy atom. The molecule has 0 aliphatic heterocycles. The number of rotatable bonds is 6. The first-order valence-corrected chi connectivity index (χ1v) is 5.77. The van der Waals surface area contributed by atoms with E-state index < -0.39 is 0 Å². The van der Waals surface area contributed by atoms with E-state index in [1.807, 2.05) is 0 Å². The maximum atomic E-state index is 11.0. The first-order valence-electron chi connectivity index (χ1n) is 5.77. The molecular weight excluding hydrogens is 192 g/mol. The van der Waals surface area contributed by atoms with Crippen molar-refractivity contribution in [2.75, 3.05) is 20.2 Å². The summed E-state index contributed by atoms with van der Waals surface area (Å²) in [6.07, 6.45) is 5.89. The molecule has 0 saturated heterocycles. The lowest BCUT2D eigenvalue weighted by Gasteiger charge is -2.27. The number of ether oxygens (including phenoxy) is 1. The molecule has 0 aromatic carbocycles. The lowest BCUT2D eigenvalue weighted by atomic mass is 10.0. The molecule has 1 aliphatic rings. The smallest absolute Gasteiger partial charge is 0.219 e. The number of carbonyl (C=O) groups excluding carboxylic acids is 1. The lowest BCUT2D eigenvalue weighted by molar-refractivity contribution is -0.121. The molecule has 1 rings (SSSR count). The van der Waals surface area contributed by atoms with Crippen molar-refractivity contribution in [1.29, 1.82) is 0 Å². The number of amides is 1. The molecule has 0 aromatic rings. The number of carbonyl (C=O) groups is 1. The van der Waals surface area contributed by atoms with Crippen LogP contribution in [0.5, 0.6) is 0 Å². The van der Waals surface area contributed by atoms with Gasteiger partial charge >= 0.3 is 0 Å². The highest BCUT2D eigenvalue weighted by Crippen LogP contribution is 2.32. The minimum absolute atomic E-state index is 0.0758. The fourth-order valence-electron chi connectivity index (χ4n) is 2.07. The summed E-state index contributed by atoms with van der Waals surface area (Å²) in [6.45, 7) is 1.25. The Morgan fingerprint density at radius 1 is 1.47 bits per heavy atom. The largest absolute Gasteiger partial charge is 0.374 e. The molecule has 0 bridgehead atoms. The first kappa shape index (κ1) is 12.5. The third-order valence-electron chi connectivity index (χ3n) is 3.12. The Bertz CT molecular complexity index is 201. The van der Waals surface area contributed by atoms with Crippen LogP contribution >= 0.6 is 0 Å². The molecule has 4 heteroatoms. The molecule has 0 radical (unpaired) electrons. The van der Waals surface area contributed by atoms with Crippen LogP contribution < -0.4 is 11.1 Å². The van der Waals surface area contributed by atoms with Gasteiger partial charge in [0.1, 0.15) is 0 Å². The Morgan fingerprint density at radius 3 is 2.67 bits per heavy atom. The van der Waals surface area contributed by atoms with Crippen LogP contribution in [0.4, 0.5) is 0 Å². The van der Waals surface area contributed by atoms with E-state index in [1.165, 1.54) is 12.8 Å². The predicted molar refractivity (Wildman–Crippen MR) is 59.5 cm³/mol. The Balaban J connectivity index is 2.15. The van der Waals surface area contributed by atoms with Crippen molar-refractivity contribution in [2.24, 2.45) is 5.73 Å². The number of nitrogens with two attached hydrogens (primary N) is 1. The van der Waals surface area contributed by atoms with Crippen LogP contribution in [0, 0.1) is 0 Å². The van der Waals surface area contributed by atoms with Crippen molar-refractivity contribution in [1.82, 2.24) is 5.32 Å². The van der Waals surface area contributed by atoms with E-state index in [1.54, 1.807) is 7.05 Å². The quantitative estimate of drug-likeness (QED) is 0.643. The minimum atomic E-state index is -0.0807. The standard InChI is InChI=1S/C11H22N2O2/c1-13-10(14)5-4-8-15-11(9-12)6-2-3-7-11/h2-9,12H2,1H3,(H,13,14). The van der Waals surface area contributed by atoms with Gasteiger partial charge in [0.2, 0.25) is 5.91 Å². The van der Waals surface area contributed by atoms with Gasteiger partial charge < -0.3 is 15.8 Å². The van der Waals surface area contributed by atoms with Gasteiger partial charge in [-0.2, -0.15) is 0 Å². The lowest BCUT2D eigenvalue weighted by Crippen LogP contribution is -2.38. The van der Waals surface area contributed by atoms with Crippen LogP contribution in [0.15, 0.2) is 0 Å². The van der Waals surface area contributed by atoms with Gasteiger partial charge in [-0.15, -0.1) is 0 Å². The summed E-state index contributed by atoms with van der Waals surface area (Å²) in [5, 5.41) is 2.60. The Hall–Kier alpha value is -0.610. The molecule has 15 heavy (non-hydrogen) atoms. The zero-order valence-electron chi connectivity index (χ0n) is 9.55. The molecule has 0 atom stereocenters. The van der Waals surface area contributed by atoms with E-state index in [2.05, 4.69) is 5.32 Å². The van der Waals surface area contributed by atoms with Crippen molar-refractivity contribution in [3.8, 4) is 0 Å². The van der Waals surface area contributed by atoms with Gasteiger partial charge in [0.25, 0.3) is 0 Å². The Labute approximate surface area is 91.5 Å². The van der Waals surface area contributed by atoms with Crippen LogP contribution in [0.3, 0.4) is 0 Å². The second-order valence-corrected chi connectivity index (χ2v) is 4.22. The van der Waals surface area contributed by atoms with Gasteiger partial charge in [-0.05, 0) is 19.3 Å². The van der Waals surface area contributed by atoms with Gasteiger partial charge in [0, 0.05) is 26.6 Å². The predicted octanol–water partition coefficient (Wildman–Crippen LogP) is 0.801. The molecule has 0 heterocycles. The molecule has 0 aromatic heterocycles. The molecule has 1 amide bonds. The van der Waals surface area contributed by atoms with Gasteiger partial charge in [0.05, 0.1) is 5.60 Å². The Kier molecular flexibility index (Phi) is 5.05. The topological polar surface area (TPSA) is 64.3 Å². The highest BCUT2D eigenvalue weighted by Gasteiger charge is 2.32. The molecule has 1 aliphatic carbocycles. The third-order valence-corrected chi connectivity index (χ3v) is 3.12. The number of hydrogen-bond acceptors (Lipinski definition) is 3. The molecule has 1 saturated carbocycles. The van der Waals surface area contributed by atoms with Crippen molar-refractivity contribution < 1.29 is 9.53 Å². The van der Waals surface area contributed by atoms with Crippen molar-refractivity contribution in [3.05, 3.63) is 0 Å². The second kappa shape index (κ2) is 6.08. The van der Waals surface area contributed by atoms with Crippen LogP contribution in [0.1, 0.15) is 38.5 Å². The summed E-state index contributed by atoms with van der Waals surface area (Å²) in [5.41, 5.74) is 5.65. The van der Waals surface area contributed by atoms with Crippen LogP contribution in [0.25, 0.3) is 0 Å². The molecule has 4 nitrogen and oxygen atoms in total. The maximum absolute atomic E-state index is 11.0. The van der Waals surface area contributed by atoms with Crippen molar-refractivity contribution in [2.45, 2.75) is 44.1 Å². The summed E-state index contributed by atoms with van der Waals surface area (Å²) in [7, 11) is 1.65. The van der Waals surface area contributed by atoms with E-state index in [0.29, 0.717) is 19.6 Å². The van der Waals surface area contributed by atoms with Gasteiger partial charge in [-0.25, -0.2) is 0 Å². The van der Waals surface area contributed by atoms with Gasteiger partial charge in [0.15, 0.2) is 0 Å². The summed E-state index contributed by atoms with van der Waals surface area (Å²) >= 11 is 0. The highest BCUT2D eigenvalue weighted by molar-refractivity contribution is 5.75. The molecule has 0 spiro atoms. The zero-order valence-corrected chi connectivity index (χ0v) is 9.55. The van der Waals surface area contributed by atoms with E-state index in [-0.39, 0.29) is 11.5 Å². The zero-order chi connectivity index (χ0) is 11.1. The minimum Gasteiger partial charge on any atom is -0.374 e. The first-order chi connectivity index (χ1) is 7.22. The average Bonchev–Trinajstić information content (AvgIpc) is 2.73. The van der Waals surface area contributed by atoms with E-state index in [0.717, 1.165) is 19.3 Å². The number of nitrogens with one attached hydrogen (secondary N) is 1. The molecule has 3 N–H and O–H groups in total. The average molecular weight is 214 g/mol. The SMILES string of the molecule is CNC(=O)CCCOC1(CN)CCCC1. The van der Waals surface area contributed by atoms with Crippen LogP contribution in [-0.4, -0.2) is 31.7 Å². The van der Waals surface area contributed by atoms with Crippen LogP contribution in [-0.2, 0) is 9.53 Å². The molecule has 0 unspecified atom stereocenters. The summed E-state index contributed by atoms with van der Waals surface area (Å²) in [4.78, 5) is 11.0. The highest BCUT2D eigenvalue weighted by atomic mass is 16.5. The normalized spacial score (nSPS) is 19.1. The summed E-state index contributed by atoms with van der Waals surface area (Å²) < 4.78 is 5.83. The van der Waals surface area contributed by atoms with E-state index in [9.17, 15) is 4.79 Å². The molecular formula is C11H22N2O2. The maximum Gasteiger partial charge on any atom is 0.219 e. The molecule has 88 valence electrons. The third kappa shape index (κ3) is 3.80. The van der Waals surface area contributed by atoms with E-state index >= 15 is 0 Å². The summed E-state index contributed by atoms with van der Waals surface area (Å²) in [5.74, 6) is 0.0758. The fraction of sp³-hybridized carbons (Fsp3) is 0.909. The monoisotopic (exact) mass is 214 g/mol. The van der Waals surface area contributed by atoms with Gasteiger partial charge in [-0.1, -0.05) is 12.8 Å².